The van der Waals surface area contributed by atoms with E-state index in [4.69, 9.17) is 14.2 Å². The molecule has 31 heavy (non-hydrogen) atoms. The summed E-state index contributed by atoms with van der Waals surface area (Å²) in [6.45, 7) is 4.79. The topological polar surface area (TPSA) is 90.9 Å². The Morgan fingerprint density at radius 3 is 2.45 bits per heavy atom. The molecule has 0 bridgehead atoms. The highest BCUT2D eigenvalue weighted by Gasteiger charge is 2.17. The van der Waals surface area contributed by atoms with E-state index in [1.54, 1.807) is 25.2 Å². The number of fused-ring (bicyclic) bond motifs is 2. The number of likely N-dealkylation sites (N-methyl/N-ethyl adjacent to an activating group) is 1. The molecule has 0 fully saturated rings. The Balaban J connectivity index is 1.36. The van der Waals surface area contributed by atoms with E-state index in [0.29, 0.717) is 47.9 Å². The number of aromatic nitrogens is 2. The fraction of sp³-hybridized carbons (Fsp3) is 0.304. The molecule has 0 N–H and O–H groups in total. The van der Waals surface area contributed by atoms with Gasteiger partial charge in [0.2, 0.25) is 0 Å². The van der Waals surface area contributed by atoms with Crippen molar-refractivity contribution in [3.63, 3.8) is 0 Å². The van der Waals surface area contributed by atoms with E-state index in [9.17, 15) is 9.59 Å². The van der Waals surface area contributed by atoms with Crippen LogP contribution in [0.25, 0.3) is 11.0 Å². The quantitative estimate of drug-likeness (QED) is 0.585. The van der Waals surface area contributed by atoms with Crippen LogP contribution in [0.4, 0.5) is 0 Å². The summed E-state index contributed by atoms with van der Waals surface area (Å²) in [5, 5.41) is 0. The fourth-order valence-corrected chi connectivity index (χ4v) is 3.23. The van der Waals surface area contributed by atoms with Crippen LogP contribution in [-0.4, -0.2) is 53.6 Å². The third-order valence-corrected chi connectivity index (χ3v) is 5.09. The largest absolute Gasteiger partial charge is 0.486 e. The van der Waals surface area contributed by atoms with Crippen LogP contribution in [0.15, 0.2) is 36.4 Å². The molecule has 160 valence electrons. The molecular weight excluding hydrogens is 398 g/mol. The van der Waals surface area contributed by atoms with Gasteiger partial charge < -0.3 is 19.1 Å². The van der Waals surface area contributed by atoms with Crippen LogP contribution in [0.2, 0.25) is 0 Å². The van der Waals surface area contributed by atoms with Crippen molar-refractivity contribution in [1.29, 1.82) is 0 Å². The van der Waals surface area contributed by atoms with E-state index >= 15 is 0 Å². The number of benzene rings is 2. The third kappa shape index (κ3) is 4.58. The molecule has 8 nitrogen and oxygen atoms in total. The number of aryl methyl sites for hydroxylation is 2. The maximum Gasteiger partial charge on any atom is 0.338 e. The first-order valence-corrected chi connectivity index (χ1v) is 9.95. The zero-order valence-electron chi connectivity index (χ0n) is 17.7. The average Bonchev–Trinajstić information content (AvgIpc) is 2.77. The minimum absolute atomic E-state index is 0.310. The van der Waals surface area contributed by atoms with E-state index < -0.39 is 5.97 Å². The minimum atomic E-state index is -0.581. The Bertz CT molecular complexity index is 1160. The van der Waals surface area contributed by atoms with Crippen molar-refractivity contribution in [2.75, 3.05) is 26.9 Å². The lowest BCUT2D eigenvalue weighted by atomic mass is 10.2. The smallest absolute Gasteiger partial charge is 0.338 e. The van der Waals surface area contributed by atoms with E-state index in [2.05, 4.69) is 9.97 Å². The average molecular weight is 421 g/mol. The van der Waals surface area contributed by atoms with Gasteiger partial charge in [0.25, 0.3) is 5.91 Å². The van der Waals surface area contributed by atoms with Gasteiger partial charge in [-0.05, 0) is 49.7 Å². The Morgan fingerprint density at radius 2 is 1.68 bits per heavy atom. The number of amides is 1. The molecule has 0 atom stereocenters. The summed E-state index contributed by atoms with van der Waals surface area (Å²) in [7, 11) is 1.66. The van der Waals surface area contributed by atoms with E-state index in [1.807, 2.05) is 32.0 Å². The van der Waals surface area contributed by atoms with Crippen molar-refractivity contribution < 1.29 is 23.8 Å². The second kappa shape index (κ2) is 8.59. The van der Waals surface area contributed by atoms with Crippen LogP contribution in [-0.2, 0) is 16.1 Å². The Kier molecular flexibility index (Phi) is 5.70. The van der Waals surface area contributed by atoms with Gasteiger partial charge in [-0.2, -0.15) is 0 Å². The third-order valence-electron chi connectivity index (χ3n) is 5.09. The van der Waals surface area contributed by atoms with Gasteiger partial charge >= 0.3 is 5.97 Å². The predicted molar refractivity (Wildman–Crippen MR) is 113 cm³/mol. The Labute approximate surface area is 179 Å². The molecule has 0 saturated carbocycles. The number of hydrogen-bond donors (Lipinski definition) is 0. The number of carbonyl (C=O) groups excluding carboxylic acids is 2. The molecular formula is C23H23N3O5. The highest BCUT2D eigenvalue weighted by molar-refractivity contribution is 5.94. The summed E-state index contributed by atoms with van der Waals surface area (Å²) in [4.78, 5) is 35.3. The molecule has 2 heterocycles. The van der Waals surface area contributed by atoms with Gasteiger partial charge in [0.05, 0.1) is 28.0 Å². The van der Waals surface area contributed by atoms with Crippen LogP contribution < -0.4 is 9.47 Å². The first-order valence-electron chi connectivity index (χ1n) is 9.95. The highest BCUT2D eigenvalue weighted by atomic mass is 16.6. The molecule has 0 spiro atoms. The summed E-state index contributed by atoms with van der Waals surface area (Å²) >= 11 is 0. The number of carbonyl (C=O) groups is 2. The van der Waals surface area contributed by atoms with Gasteiger partial charge in [-0.1, -0.05) is 6.07 Å². The normalized spacial score (nSPS) is 12.5. The van der Waals surface area contributed by atoms with Gasteiger partial charge in [0.15, 0.2) is 18.1 Å². The Morgan fingerprint density at radius 1 is 0.968 bits per heavy atom. The fourth-order valence-electron chi connectivity index (χ4n) is 3.23. The summed E-state index contributed by atoms with van der Waals surface area (Å²) in [6.07, 6.45) is 0. The number of rotatable bonds is 5. The highest BCUT2D eigenvalue weighted by Crippen LogP contribution is 2.31. The summed E-state index contributed by atoms with van der Waals surface area (Å²) in [5.74, 6) is 0.475. The lowest BCUT2D eigenvalue weighted by Gasteiger charge is -2.21. The maximum atomic E-state index is 12.4. The van der Waals surface area contributed by atoms with E-state index in [1.165, 1.54) is 4.90 Å². The van der Waals surface area contributed by atoms with Crippen molar-refractivity contribution >= 4 is 22.9 Å². The first-order chi connectivity index (χ1) is 14.9. The van der Waals surface area contributed by atoms with E-state index in [0.717, 1.165) is 17.0 Å². The number of ether oxygens (including phenoxy) is 3. The molecule has 4 rings (SSSR count). The second-order valence-corrected chi connectivity index (χ2v) is 7.40. The lowest BCUT2D eigenvalue weighted by Crippen LogP contribution is -2.30. The summed E-state index contributed by atoms with van der Waals surface area (Å²) in [6, 6.07) is 10.5. The van der Waals surface area contributed by atoms with Gasteiger partial charge in [0.1, 0.15) is 13.2 Å². The molecule has 1 amide bonds. The molecule has 0 aliphatic carbocycles. The number of esters is 1. The van der Waals surface area contributed by atoms with Gasteiger partial charge in [-0.3, -0.25) is 4.79 Å². The van der Waals surface area contributed by atoms with Crippen molar-refractivity contribution in [2.24, 2.45) is 0 Å². The van der Waals surface area contributed by atoms with Gasteiger partial charge in [-0.15, -0.1) is 0 Å². The van der Waals surface area contributed by atoms with Gasteiger partial charge in [0, 0.05) is 13.6 Å². The number of hydrogen-bond acceptors (Lipinski definition) is 7. The summed E-state index contributed by atoms with van der Waals surface area (Å²) < 4.78 is 16.3. The van der Waals surface area contributed by atoms with Crippen molar-refractivity contribution in [1.82, 2.24) is 14.9 Å². The maximum absolute atomic E-state index is 12.4. The zero-order valence-corrected chi connectivity index (χ0v) is 17.7. The number of nitrogens with zero attached hydrogens (tertiary/aromatic N) is 3. The first kappa shape index (κ1) is 20.6. The van der Waals surface area contributed by atoms with E-state index in [-0.39, 0.29) is 12.5 Å². The van der Waals surface area contributed by atoms with Crippen molar-refractivity contribution in [3.05, 3.63) is 58.9 Å². The van der Waals surface area contributed by atoms with Crippen LogP contribution in [0.1, 0.15) is 27.3 Å². The molecule has 0 saturated heterocycles. The molecule has 0 radical (unpaired) electrons. The molecule has 0 unspecified atom stereocenters. The Hall–Kier alpha value is -3.68. The van der Waals surface area contributed by atoms with Crippen molar-refractivity contribution in [2.45, 2.75) is 20.4 Å². The molecule has 3 aromatic rings. The van der Waals surface area contributed by atoms with Crippen LogP contribution in [0.5, 0.6) is 11.5 Å². The van der Waals surface area contributed by atoms with Crippen molar-refractivity contribution in [3.8, 4) is 11.5 Å². The molecule has 8 heteroatoms. The predicted octanol–water partition coefficient (Wildman–Crippen LogP) is 2.83. The van der Waals surface area contributed by atoms with Crippen LogP contribution >= 0.6 is 0 Å². The minimum Gasteiger partial charge on any atom is -0.486 e. The van der Waals surface area contributed by atoms with Gasteiger partial charge in [-0.25, -0.2) is 14.8 Å². The SMILES string of the molecule is Cc1nc2ccc(C(=O)OCC(=O)N(C)Cc3ccc4c(c3)OCCO4)cc2nc1C. The molecule has 1 aliphatic heterocycles. The summed E-state index contributed by atoms with van der Waals surface area (Å²) in [5.41, 5.74) is 4.18. The lowest BCUT2D eigenvalue weighted by molar-refractivity contribution is -0.133. The molecule has 1 aliphatic rings. The molecule has 1 aromatic heterocycles. The molecule has 2 aromatic carbocycles. The van der Waals surface area contributed by atoms with Crippen LogP contribution in [0, 0.1) is 13.8 Å². The zero-order chi connectivity index (χ0) is 22.0. The second-order valence-electron chi connectivity index (χ2n) is 7.40. The van der Waals surface area contributed by atoms with Crippen LogP contribution in [0.3, 0.4) is 0 Å². The monoisotopic (exact) mass is 421 g/mol. The standard InChI is InChI=1S/C23H23N3O5/c1-14-15(2)25-19-11-17(5-6-18(19)24-14)23(28)31-13-22(27)26(3)12-16-4-7-20-21(10-16)30-9-8-29-20/h4-7,10-11H,8-9,12-13H2,1-3H3.